The largest absolute Gasteiger partial charge is 0.457 e. The fraction of sp³-hybridized carbons (Fsp3) is 0.212. The molecular weight excluding hydrogens is 697 g/mol. The maximum absolute atomic E-state index is 6.97. The number of aromatic nitrogens is 2. The van der Waals surface area contributed by atoms with E-state index < -0.39 is 0 Å². The van der Waals surface area contributed by atoms with Crippen molar-refractivity contribution in [1.29, 1.82) is 0 Å². The fourth-order valence-electron chi connectivity index (χ4n) is 10.1. The highest BCUT2D eigenvalue weighted by molar-refractivity contribution is 6.09. The Morgan fingerprint density at radius 3 is 2.12 bits per heavy atom. The third kappa shape index (κ3) is 6.04. The summed E-state index contributed by atoms with van der Waals surface area (Å²) in [4.78, 5) is 9.77. The molecule has 0 spiro atoms. The fourth-order valence-corrected chi connectivity index (χ4v) is 10.1. The molecule has 5 heteroatoms. The van der Waals surface area contributed by atoms with Crippen LogP contribution in [-0.4, -0.2) is 23.3 Å². The Hall–Kier alpha value is -6.33. The molecule has 8 aromatic rings. The normalized spacial score (nSPS) is 15.0. The van der Waals surface area contributed by atoms with E-state index in [2.05, 4.69) is 182 Å². The topological polar surface area (TPSA) is 33.5 Å². The molecule has 0 unspecified atom stereocenters. The van der Waals surface area contributed by atoms with Crippen LogP contribution in [-0.2, 0) is 5.41 Å². The van der Waals surface area contributed by atoms with E-state index in [1.54, 1.807) is 0 Å². The van der Waals surface area contributed by atoms with Crippen LogP contribution in [0, 0.1) is 20.8 Å². The predicted octanol–water partition coefficient (Wildman–Crippen LogP) is 13.4. The lowest BCUT2D eigenvalue weighted by atomic mass is 9.65. The zero-order chi connectivity index (χ0) is 38.7. The van der Waals surface area contributed by atoms with Gasteiger partial charge in [-0.1, -0.05) is 97.6 Å². The van der Waals surface area contributed by atoms with Crippen LogP contribution in [0.1, 0.15) is 59.9 Å². The Morgan fingerprint density at radius 1 is 0.596 bits per heavy atom. The van der Waals surface area contributed by atoms with E-state index in [9.17, 15) is 0 Å². The quantitative estimate of drug-likeness (QED) is 0.163. The standard InChI is InChI=1S/C52H48N4O/c1-35-27-36(2)51(37(3)28-35)38-29-41(55-34-54(4)47-19-11-12-20-48(47)55)32-43(30-38)57-42-21-22-45-44-17-9-10-18-46(44)56(49(45)33-42)50-31-40(23-26-53-50)52(24-13-6-14-25-52)39-15-7-5-8-16-39/h5,7-12,15-23,26-33H,6,13-14,24-25,34H2,1-4H3. The summed E-state index contributed by atoms with van der Waals surface area (Å²) in [5, 5.41) is 2.38. The monoisotopic (exact) mass is 744 g/mol. The molecule has 1 fully saturated rings. The first-order valence-electron chi connectivity index (χ1n) is 20.4. The molecule has 10 rings (SSSR count). The lowest BCUT2D eigenvalue weighted by Gasteiger charge is -2.38. The first-order chi connectivity index (χ1) is 27.9. The third-order valence-corrected chi connectivity index (χ3v) is 12.5. The van der Waals surface area contributed by atoms with Crippen LogP contribution in [0.5, 0.6) is 11.5 Å². The summed E-state index contributed by atoms with van der Waals surface area (Å²) >= 11 is 0. The van der Waals surface area contributed by atoms with Gasteiger partial charge >= 0.3 is 0 Å². The number of hydrogen-bond donors (Lipinski definition) is 0. The van der Waals surface area contributed by atoms with Gasteiger partial charge in [-0.2, -0.15) is 0 Å². The van der Waals surface area contributed by atoms with Gasteiger partial charge in [0, 0.05) is 47.3 Å². The number of anilines is 3. The first-order valence-corrected chi connectivity index (χ1v) is 20.4. The van der Waals surface area contributed by atoms with Gasteiger partial charge in [0.1, 0.15) is 17.3 Å². The second kappa shape index (κ2) is 14.0. The van der Waals surface area contributed by atoms with Crippen LogP contribution >= 0.6 is 0 Å². The number of benzene rings is 6. The van der Waals surface area contributed by atoms with Gasteiger partial charge in [0.2, 0.25) is 0 Å². The van der Waals surface area contributed by atoms with Gasteiger partial charge in [-0.25, -0.2) is 4.98 Å². The molecule has 0 saturated heterocycles. The number of para-hydroxylation sites is 3. The Morgan fingerprint density at radius 2 is 1.32 bits per heavy atom. The summed E-state index contributed by atoms with van der Waals surface area (Å²) in [5.74, 6) is 2.52. The Balaban J connectivity index is 1.10. The second-order valence-corrected chi connectivity index (χ2v) is 16.3. The molecule has 5 nitrogen and oxygen atoms in total. The van der Waals surface area contributed by atoms with Gasteiger partial charge in [0.15, 0.2) is 0 Å². The van der Waals surface area contributed by atoms with Crippen molar-refractivity contribution in [2.75, 3.05) is 23.5 Å². The summed E-state index contributed by atoms with van der Waals surface area (Å²) in [6.45, 7) is 7.36. The van der Waals surface area contributed by atoms with Crippen molar-refractivity contribution in [2.45, 2.75) is 58.3 Å². The minimum Gasteiger partial charge on any atom is -0.457 e. The van der Waals surface area contributed by atoms with Gasteiger partial charge in [0.05, 0.1) is 29.1 Å². The van der Waals surface area contributed by atoms with Crippen LogP contribution in [0.4, 0.5) is 17.1 Å². The number of ether oxygens (including phenoxy) is 1. The molecule has 3 heterocycles. The lowest BCUT2D eigenvalue weighted by molar-refractivity contribution is 0.345. The van der Waals surface area contributed by atoms with E-state index in [4.69, 9.17) is 9.72 Å². The van der Waals surface area contributed by atoms with E-state index in [-0.39, 0.29) is 5.41 Å². The van der Waals surface area contributed by atoms with E-state index in [0.717, 1.165) is 59.1 Å². The van der Waals surface area contributed by atoms with E-state index in [0.29, 0.717) is 0 Å². The molecular formula is C52H48N4O. The van der Waals surface area contributed by atoms with E-state index in [1.165, 1.54) is 74.8 Å². The van der Waals surface area contributed by atoms with Crippen molar-refractivity contribution in [3.05, 3.63) is 174 Å². The molecule has 1 saturated carbocycles. The highest BCUT2D eigenvalue weighted by Crippen LogP contribution is 2.47. The summed E-state index contributed by atoms with van der Waals surface area (Å²) in [6.07, 6.45) is 8.06. The molecule has 0 bridgehead atoms. The zero-order valence-electron chi connectivity index (χ0n) is 33.3. The zero-order valence-corrected chi connectivity index (χ0v) is 33.3. The average Bonchev–Trinajstić information content (AvgIpc) is 3.75. The predicted molar refractivity (Wildman–Crippen MR) is 237 cm³/mol. The minimum absolute atomic E-state index is 0.0220. The van der Waals surface area contributed by atoms with Gasteiger partial charge < -0.3 is 14.5 Å². The Kier molecular flexibility index (Phi) is 8.62. The second-order valence-electron chi connectivity index (χ2n) is 16.3. The number of rotatable bonds is 7. The van der Waals surface area contributed by atoms with Crippen molar-refractivity contribution in [3.63, 3.8) is 0 Å². The molecule has 0 N–H and O–H groups in total. The molecule has 0 amide bonds. The lowest BCUT2D eigenvalue weighted by Crippen LogP contribution is -2.30. The van der Waals surface area contributed by atoms with Crippen molar-refractivity contribution >= 4 is 38.9 Å². The number of hydrogen-bond acceptors (Lipinski definition) is 4. The third-order valence-electron chi connectivity index (χ3n) is 12.5. The molecule has 6 aromatic carbocycles. The average molecular weight is 745 g/mol. The molecule has 0 atom stereocenters. The van der Waals surface area contributed by atoms with E-state index in [1.807, 2.05) is 6.20 Å². The molecule has 282 valence electrons. The molecule has 2 aliphatic rings. The maximum atomic E-state index is 6.97. The molecule has 1 aliphatic carbocycles. The Bertz CT molecular complexity index is 2770. The highest BCUT2D eigenvalue weighted by atomic mass is 16.5. The summed E-state index contributed by atoms with van der Waals surface area (Å²) in [6, 6.07) is 50.9. The van der Waals surface area contributed by atoms with Gasteiger partial charge in [-0.05, 0) is 122 Å². The highest BCUT2D eigenvalue weighted by Gasteiger charge is 2.36. The molecule has 1 aliphatic heterocycles. The van der Waals surface area contributed by atoms with Gasteiger partial charge in [-0.3, -0.25) is 4.57 Å². The summed E-state index contributed by atoms with van der Waals surface area (Å²) in [5.41, 5.74) is 14.7. The molecule has 2 aromatic heterocycles. The Labute approximate surface area is 335 Å². The molecule has 0 radical (unpaired) electrons. The maximum Gasteiger partial charge on any atom is 0.137 e. The van der Waals surface area contributed by atoms with Crippen LogP contribution in [0.25, 0.3) is 38.8 Å². The van der Waals surface area contributed by atoms with Crippen molar-refractivity contribution in [3.8, 4) is 28.4 Å². The summed E-state index contributed by atoms with van der Waals surface area (Å²) < 4.78 is 9.31. The first kappa shape index (κ1) is 35.1. The number of aryl methyl sites for hydroxylation is 3. The number of pyridine rings is 1. The van der Waals surface area contributed by atoms with Crippen LogP contribution in [0.3, 0.4) is 0 Å². The van der Waals surface area contributed by atoms with Crippen molar-refractivity contribution in [1.82, 2.24) is 9.55 Å². The molecule has 57 heavy (non-hydrogen) atoms. The number of nitrogens with zero attached hydrogens (tertiary/aromatic N) is 4. The summed E-state index contributed by atoms with van der Waals surface area (Å²) in [7, 11) is 2.16. The van der Waals surface area contributed by atoms with Crippen LogP contribution in [0.2, 0.25) is 0 Å². The number of fused-ring (bicyclic) bond motifs is 4. The minimum atomic E-state index is -0.0220. The van der Waals surface area contributed by atoms with E-state index >= 15 is 0 Å². The van der Waals surface area contributed by atoms with Crippen molar-refractivity contribution in [2.24, 2.45) is 0 Å². The SMILES string of the molecule is Cc1cc(C)c(-c2cc(Oc3ccc4c5ccccc5n(-c5cc(C6(c7ccccc7)CCCCC6)ccn5)c4c3)cc(N3CN(C)c4ccccc43)c2)c(C)c1. The smallest absolute Gasteiger partial charge is 0.137 e. The van der Waals surface area contributed by atoms with Crippen molar-refractivity contribution < 1.29 is 4.74 Å². The van der Waals surface area contributed by atoms with Gasteiger partial charge in [-0.15, -0.1) is 0 Å². The van der Waals surface area contributed by atoms with Crippen LogP contribution in [0.15, 0.2) is 146 Å². The van der Waals surface area contributed by atoms with Crippen LogP contribution < -0.4 is 14.5 Å². The van der Waals surface area contributed by atoms with Gasteiger partial charge in [0.25, 0.3) is 0 Å².